The zero-order chi connectivity index (χ0) is 44.9. The number of pyridine rings is 1. The van der Waals surface area contributed by atoms with Crippen LogP contribution in [0.25, 0.3) is 10.9 Å². The predicted octanol–water partition coefficient (Wildman–Crippen LogP) is 5.46. The number of likely N-dealkylation sites (tertiary alicyclic amines) is 1. The SMILES string of the molecule is C=C[C@@H]1C[C@]1(NC(=O)[C@@H]1C[C@@H]2CN1C(=O)[C@H](C(C)(C)C)NC(=O)O[C@@H]1C[C@H]1CCCCCc1c(nc3cc(C)ccc3c1OCCCN1CCCC1)O2)C(=O)NS(=O)(=O)C1(C)CC1. The number of hydrogen-bond donors (Lipinski definition) is 3. The first kappa shape index (κ1) is 45.1. The van der Waals surface area contributed by atoms with E-state index in [4.69, 9.17) is 19.2 Å². The summed E-state index contributed by atoms with van der Waals surface area (Å²) in [5, 5.41) is 6.62. The Balaban J connectivity index is 1.13. The standard InChI is InChI=1S/C47H66N6O9S/c1-7-31-27-47(31,43(56)51-63(58,59)46(6)18-19-46)50-40(54)36-26-32-28-53(36)42(55)39(45(3,4)5)49-44(57)62-37-25-30(37)14-9-8-10-15-34-38(60-23-13-22-52-20-11-12-21-52)33-17-16-29(2)24-35(33)48-41(34)61-32/h7,16-17,24,30-32,36-37,39H,1,8-15,18-23,25-28H2,2-6H3,(H,49,57)(H,50,54)(H,51,56)/t30-,31-,32-,36+,37-,39-,47-/m1/s1. The molecule has 4 heterocycles. The molecule has 1 aromatic heterocycles. The van der Waals surface area contributed by atoms with E-state index in [0.717, 1.165) is 80.4 Å². The Morgan fingerprint density at radius 3 is 2.54 bits per heavy atom. The molecule has 63 heavy (non-hydrogen) atoms. The summed E-state index contributed by atoms with van der Waals surface area (Å²) in [6.07, 6.45) is 9.30. The van der Waals surface area contributed by atoms with E-state index in [-0.39, 0.29) is 31.4 Å². The lowest BCUT2D eigenvalue weighted by Gasteiger charge is -2.35. The number of benzene rings is 1. The van der Waals surface area contributed by atoms with E-state index < -0.39 is 73.6 Å². The zero-order valence-electron chi connectivity index (χ0n) is 37.6. The minimum Gasteiger partial charge on any atom is -0.492 e. The molecule has 2 bridgehead atoms. The largest absolute Gasteiger partial charge is 0.492 e. The van der Waals surface area contributed by atoms with Crippen LogP contribution in [0.15, 0.2) is 30.9 Å². The van der Waals surface area contributed by atoms with Gasteiger partial charge in [-0.1, -0.05) is 45.8 Å². The number of fused-ring (bicyclic) bond motifs is 5. The Bertz CT molecular complexity index is 2230. The molecule has 1 aromatic carbocycles. The third-order valence-corrected chi connectivity index (χ3v) is 16.4. The lowest BCUT2D eigenvalue weighted by molar-refractivity contribution is -0.142. The van der Waals surface area contributed by atoms with Crippen molar-refractivity contribution in [2.45, 2.75) is 153 Å². The van der Waals surface area contributed by atoms with Gasteiger partial charge in [-0.3, -0.25) is 19.1 Å². The van der Waals surface area contributed by atoms with E-state index in [9.17, 15) is 27.6 Å². The second kappa shape index (κ2) is 17.5. The monoisotopic (exact) mass is 890 g/mol. The van der Waals surface area contributed by atoms with E-state index >= 15 is 0 Å². The maximum Gasteiger partial charge on any atom is 0.408 e. The van der Waals surface area contributed by atoms with Crippen LogP contribution in [0.1, 0.15) is 116 Å². The summed E-state index contributed by atoms with van der Waals surface area (Å²) in [6, 6.07) is 3.88. The van der Waals surface area contributed by atoms with E-state index in [1.807, 2.05) is 33.8 Å². The number of rotatable bonds is 11. The number of carbonyl (C=O) groups excluding carboxylic acids is 4. The van der Waals surface area contributed by atoms with Crippen molar-refractivity contribution in [3.63, 3.8) is 0 Å². The molecule has 3 aliphatic heterocycles. The van der Waals surface area contributed by atoms with Crippen molar-refractivity contribution in [3.8, 4) is 11.6 Å². The van der Waals surface area contributed by atoms with Gasteiger partial charge in [0.05, 0.1) is 29.0 Å². The van der Waals surface area contributed by atoms with Gasteiger partial charge in [-0.2, -0.15) is 0 Å². The molecule has 0 radical (unpaired) electrons. The summed E-state index contributed by atoms with van der Waals surface area (Å²) < 4.78 is 47.0. The molecule has 7 atom stereocenters. The summed E-state index contributed by atoms with van der Waals surface area (Å²) in [5.41, 5.74) is 0.213. The maximum atomic E-state index is 14.9. The van der Waals surface area contributed by atoms with Crippen LogP contribution in [0.5, 0.6) is 11.6 Å². The number of alkyl carbamates (subject to hydrolysis) is 1. The fourth-order valence-electron chi connectivity index (χ4n) is 9.62. The van der Waals surface area contributed by atoms with Crippen LogP contribution in [-0.2, 0) is 35.6 Å². The topological polar surface area (TPSA) is 186 Å². The van der Waals surface area contributed by atoms with E-state index in [2.05, 4.69) is 39.0 Å². The van der Waals surface area contributed by atoms with Gasteiger partial charge < -0.3 is 34.6 Å². The Hall–Kier alpha value is -4.44. The van der Waals surface area contributed by atoms with Gasteiger partial charge in [0.25, 0.3) is 5.91 Å². The number of nitrogens with one attached hydrogen (secondary N) is 3. The number of sulfonamides is 1. The van der Waals surface area contributed by atoms with E-state index in [0.29, 0.717) is 37.3 Å². The molecule has 3 N–H and O–H groups in total. The molecule has 8 rings (SSSR count). The smallest absolute Gasteiger partial charge is 0.408 e. The average Bonchev–Trinajstić information content (AvgIpc) is 4.17. The van der Waals surface area contributed by atoms with Crippen LogP contribution in [0.2, 0.25) is 0 Å². The maximum absolute atomic E-state index is 14.9. The molecule has 2 saturated heterocycles. The number of hydrogen-bond acceptors (Lipinski definition) is 11. The van der Waals surface area contributed by atoms with Gasteiger partial charge in [-0.05, 0) is 120 Å². The second-order valence-electron chi connectivity index (χ2n) is 20.4. The van der Waals surface area contributed by atoms with Crippen molar-refractivity contribution in [1.29, 1.82) is 0 Å². The molecule has 4 amide bonds. The molecule has 344 valence electrons. The summed E-state index contributed by atoms with van der Waals surface area (Å²) in [6.45, 7) is 16.6. The average molecular weight is 891 g/mol. The molecule has 2 aromatic rings. The summed E-state index contributed by atoms with van der Waals surface area (Å²) in [5.74, 6) is -1.14. The van der Waals surface area contributed by atoms with E-state index in [1.165, 1.54) is 23.8 Å². The quantitative estimate of drug-likeness (QED) is 0.192. The number of nitrogens with zero attached hydrogens (tertiary/aromatic N) is 3. The molecule has 5 fully saturated rings. The van der Waals surface area contributed by atoms with Crippen LogP contribution in [0, 0.1) is 24.2 Å². The molecule has 0 unspecified atom stereocenters. The first-order valence-electron chi connectivity index (χ1n) is 23.2. The van der Waals surface area contributed by atoms with Crippen molar-refractivity contribution in [3.05, 3.63) is 42.0 Å². The third kappa shape index (κ3) is 9.67. The number of amides is 4. The third-order valence-electron chi connectivity index (χ3n) is 14.2. The summed E-state index contributed by atoms with van der Waals surface area (Å²) in [4.78, 5) is 65.8. The minimum atomic E-state index is -4.01. The lowest BCUT2D eigenvalue weighted by Crippen LogP contribution is -2.60. The summed E-state index contributed by atoms with van der Waals surface area (Å²) in [7, 11) is -4.01. The molecule has 0 spiro atoms. The van der Waals surface area contributed by atoms with Gasteiger partial charge >= 0.3 is 6.09 Å². The normalized spacial score (nSPS) is 29.8. The first-order chi connectivity index (χ1) is 29.9. The highest BCUT2D eigenvalue weighted by atomic mass is 32.2. The van der Waals surface area contributed by atoms with Crippen LogP contribution in [0.3, 0.4) is 0 Å². The predicted molar refractivity (Wildman–Crippen MR) is 238 cm³/mol. The van der Waals surface area contributed by atoms with Gasteiger partial charge in [-0.25, -0.2) is 18.2 Å². The van der Waals surface area contributed by atoms with Gasteiger partial charge in [0.2, 0.25) is 27.7 Å². The highest BCUT2D eigenvalue weighted by molar-refractivity contribution is 7.91. The van der Waals surface area contributed by atoms with Crippen LogP contribution in [0.4, 0.5) is 4.79 Å². The second-order valence-corrected chi connectivity index (χ2v) is 22.5. The fourth-order valence-corrected chi connectivity index (χ4v) is 10.9. The molecule has 3 aliphatic carbocycles. The zero-order valence-corrected chi connectivity index (χ0v) is 38.4. The molecule has 6 aliphatic rings. The molecular formula is C47H66N6O9S. The highest BCUT2D eigenvalue weighted by Gasteiger charge is 2.63. The molecule has 16 heteroatoms. The van der Waals surface area contributed by atoms with Crippen molar-refractivity contribution in [2.75, 3.05) is 32.8 Å². The lowest BCUT2D eigenvalue weighted by atomic mass is 9.85. The van der Waals surface area contributed by atoms with Gasteiger partial charge in [0, 0.05) is 24.3 Å². The van der Waals surface area contributed by atoms with Crippen LogP contribution in [-0.4, -0.2) is 114 Å². The van der Waals surface area contributed by atoms with Gasteiger partial charge in [0.15, 0.2) is 0 Å². The molecule has 15 nitrogen and oxygen atoms in total. The fraction of sp³-hybridized carbons (Fsp3) is 0.681. The minimum absolute atomic E-state index is 0.0270. The Morgan fingerprint density at radius 2 is 1.84 bits per heavy atom. The van der Waals surface area contributed by atoms with Crippen LogP contribution >= 0.6 is 0 Å². The van der Waals surface area contributed by atoms with E-state index in [1.54, 1.807) is 6.92 Å². The Labute approximate surface area is 371 Å². The number of aryl methyl sites for hydroxylation is 1. The molecule has 3 saturated carbocycles. The number of carbonyl (C=O) groups is 4. The Kier molecular flexibility index (Phi) is 12.5. The van der Waals surface area contributed by atoms with Crippen molar-refractivity contribution >= 4 is 44.7 Å². The Morgan fingerprint density at radius 1 is 1.08 bits per heavy atom. The van der Waals surface area contributed by atoms with Crippen molar-refractivity contribution in [2.24, 2.45) is 17.3 Å². The van der Waals surface area contributed by atoms with Crippen LogP contribution < -0.4 is 24.8 Å². The number of ether oxygens (including phenoxy) is 3. The number of aromatic nitrogens is 1. The van der Waals surface area contributed by atoms with Gasteiger partial charge in [-0.15, -0.1) is 6.58 Å². The summed E-state index contributed by atoms with van der Waals surface area (Å²) >= 11 is 0. The van der Waals surface area contributed by atoms with Crippen molar-refractivity contribution < 1.29 is 41.8 Å². The van der Waals surface area contributed by atoms with Gasteiger partial charge in [0.1, 0.15) is 35.6 Å². The van der Waals surface area contributed by atoms with Crippen molar-refractivity contribution in [1.82, 2.24) is 30.1 Å². The highest BCUT2D eigenvalue weighted by Crippen LogP contribution is 2.47. The first-order valence-corrected chi connectivity index (χ1v) is 24.6. The molecular weight excluding hydrogens is 825 g/mol.